The number of likely N-dealkylation sites (N-methyl/N-ethyl adjacent to an activating group) is 1. The standard InChI is InChI=1S/C13H22N2O5S/c1-4-6-15-10-11(9-12(15)13(16)17)21(18,19)14(3)7-8-20-5-2/h9-10H,4-8H2,1-3H3,(H,16,17). The Balaban J connectivity index is 3.02. The van der Waals surface area contributed by atoms with E-state index in [1.807, 2.05) is 13.8 Å². The Morgan fingerprint density at radius 3 is 2.62 bits per heavy atom. The summed E-state index contributed by atoms with van der Waals surface area (Å²) in [5, 5.41) is 9.13. The van der Waals surface area contributed by atoms with E-state index in [1.165, 1.54) is 28.2 Å². The van der Waals surface area contributed by atoms with Gasteiger partial charge in [-0.05, 0) is 19.4 Å². The van der Waals surface area contributed by atoms with Crippen LogP contribution in [0.4, 0.5) is 0 Å². The van der Waals surface area contributed by atoms with Gasteiger partial charge in [0, 0.05) is 32.9 Å². The van der Waals surface area contributed by atoms with Gasteiger partial charge in [0.1, 0.15) is 10.6 Å². The number of hydrogen-bond acceptors (Lipinski definition) is 4. The summed E-state index contributed by atoms with van der Waals surface area (Å²) in [6.07, 6.45) is 2.09. The van der Waals surface area contributed by atoms with E-state index < -0.39 is 16.0 Å². The van der Waals surface area contributed by atoms with Gasteiger partial charge < -0.3 is 14.4 Å². The molecule has 1 N–H and O–H groups in total. The quantitative estimate of drug-likeness (QED) is 0.692. The van der Waals surface area contributed by atoms with Crippen LogP contribution in [0.2, 0.25) is 0 Å². The second-order valence-corrected chi connectivity index (χ2v) is 6.63. The second kappa shape index (κ2) is 7.58. The summed E-state index contributed by atoms with van der Waals surface area (Å²) in [4.78, 5) is 11.2. The highest BCUT2D eigenvalue weighted by Crippen LogP contribution is 2.18. The lowest BCUT2D eigenvalue weighted by molar-refractivity contribution is 0.0685. The van der Waals surface area contributed by atoms with Gasteiger partial charge in [0.2, 0.25) is 10.0 Å². The third kappa shape index (κ3) is 4.29. The van der Waals surface area contributed by atoms with Crippen molar-refractivity contribution in [2.45, 2.75) is 31.7 Å². The molecule has 8 heteroatoms. The van der Waals surface area contributed by atoms with Gasteiger partial charge >= 0.3 is 5.97 Å². The van der Waals surface area contributed by atoms with Crippen LogP contribution in [0, 0.1) is 0 Å². The molecule has 0 saturated heterocycles. The lowest BCUT2D eigenvalue weighted by atomic mass is 10.4. The third-order valence-electron chi connectivity index (χ3n) is 3.02. The van der Waals surface area contributed by atoms with Gasteiger partial charge in [-0.25, -0.2) is 13.2 Å². The molecule has 0 aromatic carbocycles. The summed E-state index contributed by atoms with van der Waals surface area (Å²) in [5.74, 6) is -1.14. The summed E-state index contributed by atoms with van der Waals surface area (Å²) >= 11 is 0. The maximum Gasteiger partial charge on any atom is 0.352 e. The number of carboxylic acid groups (broad SMARTS) is 1. The highest BCUT2D eigenvalue weighted by Gasteiger charge is 2.25. The predicted molar refractivity (Wildman–Crippen MR) is 78.0 cm³/mol. The van der Waals surface area contributed by atoms with E-state index in [2.05, 4.69) is 0 Å². The van der Waals surface area contributed by atoms with Crippen LogP contribution in [-0.2, 0) is 21.3 Å². The normalized spacial score (nSPS) is 12.0. The summed E-state index contributed by atoms with van der Waals surface area (Å²) in [5.41, 5.74) is -0.0198. The highest BCUT2D eigenvalue weighted by atomic mass is 32.2. The zero-order valence-electron chi connectivity index (χ0n) is 12.6. The SMILES string of the molecule is CCCn1cc(S(=O)(=O)N(C)CCOCC)cc1C(=O)O. The topological polar surface area (TPSA) is 88.8 Å². The lowest BCUT2D eigenvalue weighted by Crippen LogP contribution is -2.30. The van der Waals surface area contributed by atoms with Crippen LogP contribution in [0.15, 0.2) is 17.2 Å². The Bertz CT molecular complexity index is 579. The molecule has 0 bridgehead atoms. The number of rotatable bonds is 9. The van der Waals surface area contributed by atoms with Crippen molar-refractivity contribution in [3.05, 3.63) is 18.0 Å². The van der Waals surface area contributed by atoms with Crippen molar-refractivity contribution in [1.82, 2.24) is 8.87 Å². The molecule has 1 aromatic heterocycles. The Hall–Kier alpha value is -1.38. The minimum Gasteiger partial charge on any atom is -0.477 e. The first kappa shape index (κ1) is 17.7. The molecule has 0 amide bonds. The minimum absolute atomic E-state index is 0.00708. The average Bonchev–Trinajstić information content (AvgIpc) is 2.84. The van der Waals surface area contributed by atoms with E-state index in [4.69, 9.17) is 9.84 Å². The summed E-state index contributed by atoms with van der Waals surface area (Å²) in [6.45, 7) is 5.22. The van der Waals surface area contributed by atoms with Gasteiger partial charge in [-0.3, -0.25) is 0 Å². The largest absolute Gasteiger partial charge is 0.477 e. The molecule has 7 nitrogen and oxygen atoms in total. The predicted octanol–water partition coefficient (Wildman–Crippen LogP) is 1.25. The van der Waals surface area contributed by atoms with Crippen molar-refractivity contribution in [2.24, 2.45) is 0 Å². The molecule has 0 aliphatic carbocycles. The fraction of sp³-hybridized carbons (Fsp3) is 0.615. The van der Waals surface area contributed by atoms with Crippen molar-refractivity contribution >= 4 is 16.0 Å². The summed E-state index contributed by atoms with van der Waals surface area (Å²) < 4.78 is 32.5. The van der Waals surface area contributed by atoms with Crippen molar-refractivity contribution in [1.29, 1.82) is 0 Å². The van der Waals surface area contributed by atoms with Crippen molar-refractivity contribution in [3.63, 3.8) is 0 Å². The number of carbonyl (C=O) groups is 1. The first-order valence-electron chi connectivity index (χ1n) is 6.82. The molecule has 1 aromatic rings. The number of aromatic carboxylic acids is 1. The molecule has 21 heavy (non-hydrogen) atoms. The van der Waals surface area contributed by atoms with Gasteiger partial charge in [0.15, 0.2) is 0 Å². The first-order chi connectivity index (χ1) is 9.84. The zero-order valence-corrected chi connectivity index (χ0v) is 13.4. The van der Waals surface area contributed by atoms with Crippen LogP contribution in [-0.4, -0.2) is 55.2 Å². The second-order valence-electron chi connectivity index (χ2n) is 4.58. The van der Waals surface area contributed by atoms with Crippen LogP contribution < -0.4 is 0 Å². The van der Waals surface area contributed by atoms with E-state index in [-0.39, 0.29) is 17.1 Å². The molecule has 1 heterocycles. The molecule has 0 aliphatic rings. The van der Waals surface area contributed by atoms with Gasteiger partial charge in [-0.2, -0.15) is 4.31 Å². The monoisotopic (exact) mass is 318 g/mol. The minimum atomic E-state index is -3.70. The molecular weight excluding hydrogens is 296 g/mol. The fourth-order valence-electron chi connectivity index (χ4n) is 1.87. The van der Waals surface area contributed by atoms with Gasteiger partial charge in [-0.1, -0.05) is 6.92 Å². The van der Waals surface area contributed by atoms with Crippen molar-refractivity contribution in [2.75, 3.05) is 26.8 Å². The molecule has 0 fully saturated rings. The van der Waals surface area contributed by atoms with E-state index >= 15 is 0 Å². The number of hydrogen-bond donors (Lipinski definition) is 1. The van der Waals surface area contributed by atoms with Crippen LogP contribution in [0.1, 0.15) is 30.8 Å². The Kier molecular flexibility index (Phi) is 6.38. The van der Waals surface area contributed by atoms with Crippen LogP contribution in [0.3, 0.4) is 0 Å². The summed E-state index contributed by atoms with van der Waals surface area (Å²) in [6, 6.07) is 1.20. The maximum atomic E-state index is 12.4. The smallest absolute Gasteiger partial charge is 0.352 e. The third-order valence-corrected chi connectivity index (χ3v) is 4.84. The highest BCUT2D eigenvalue weighted by molar-refractivity contribution is 7.89. The van der Waals surface area contributed by atoms with Crippen molar-refractivity contribution in [3.8, 4) is 0 Å². The number of ether oxygens (including phenoxy) is 1. The Labute approximate surface area is 125 Å². The van der Waals surface area contributed by atoms with E-state index in [0.717, 1.165) is 0 Å². The van der Waals surface area contributed by atoms with Crippen molar-refractivity contribution < 1.29 is 23.1 Å². The van der Waals surface area contributed by atoms with Gasteiger partial charge in [-0.15, -0.1) is 0 Å². The maximum absolute atomic E-state index is 12.4. The van der Waals surface area contributed by atoms with E-state index in [1.54, 1.807) is 0 Å². The molecule has 0 radical (unpaired) electrons. The molecule has 0 aliphatic heterocycles. The summed E-state index contributed by atoms with van der Waals surface area (Å²) in [7, 11) is -2.25. The van der Waals surface area contributed by atoms with Gasteiger partial charge in [0.25, 0.3) is 0 Å². The zero-order chi connectivity index (χ0) is 16.0. The Morgan fingerprint density at radius 1 is 1.43 bits per heavy atom. The number of aryl methyl sites for hydroxylation is 1. The molecule has 0 unspecified atom stereocenters. The van der Waals surface area contributed by atoms with Gasteiger partial charge in [0.05, 0.1) is 6.61 Å². The van der Waals surface area contributed by atoms with E-state index in [0.29, 0.717) is 26.2 Å². The van der Waals surface area contributed by atoms with Crippen LogP contribution in [0.5, 0.6) is 0 Å². The Morgan fingerprint density at radius 2 is 2.10 bits per heavy atom. The number of carboxylic acids is 1. The average molecular weight is 318 g/mol. The van der Waals surface area contributed by atoms with Crippen LogP contribution in [0.25, 0.3) is 0 Å². The lowest BCUT2D eigenvalue weighted by Gasteiger charge is -2.15. The number of sulfonamides is 1. The molecule has 0 saturated carbocycles. The fourth-order valence-corrected chi connectivity index (χ4v) is 3.06. The first-order valence-corrected chi connectivity index (χ1v) is 8.26. The molecule has 120 valence electrons. The van der Waals surface area contributed by atoms with E-state index in [9.17, 15) is 13.2 Å². The number of aromatic nitrogens is 1. The molecular formula is C13H22N2O5S. The molecule has 0 spiro atoms. The number of nitrogens with zero attached hydrogens (tertiary/aromatic N) is 2. The molecule has 0 atom stereocenters. The molecule has 1 rings (SSSR count). The van der Waals surface area contributed by atoms with Crippen LogP contribution >= 0.6 is 0 Å².